The van der Waals surface area contributed by atoms with Crippen LogP contribution in [0.5, 0.6) is 0 Å². The van der Waals surface area contributed by atoms with Crippen LogP contribution in [0.4, 0.5) is 13.2 Å². The molecule has 0 aliphatic carbocycles. The van der Waals surface area contributed by atoms with Gasteiger partial charge in [0.25, 0.3) is 0 Å². The van der Waals surface area contributed by atoms with Crippen molar-refractivity contribution in [1.82, 2.24) is 0 Å². The molecule has 0 heterocycles. The zero-order valence-corrected chi connectivity index (χ0v) is 11.1. The number of alkyl halides is 4. The maximum Gasteiger partial charge on any atom is 0.417 e. The van der Waals surface area contributed by atoms with Crippen molar-refractivity contribution >= 4 is 25.8 Å². The molecule has 0 aliphatic rings. The lowest BCUT2D eigenvalue weighted by Gasteiger charge is -2.12. The summed E-state index contributed by atoms with van der Waals surface area (Å²) < 4.78 is 61.4. The number of hydrogen-bond donors (Lipinski definition) is 0. The second-order valence-corrected chi connectivity index (χ2v) is 6.23. The van der Waals surface area contributed by atoms with Crippen molar-refractivity contribution < 1.29 is 21.6 Å². The van der Waals surface area contributed by atoms with Crippen LogP contribution in [0.1, 0.15) is 12.0 Å². The molecule has 2 nitrogen and oxygen atoms in total. The Morgan fingerprint density at radius 3 is 2.29 bits per heavy atom. The van der Waals surface area contributed by atoms with Gasteiger partial charge in [-0.15, -0.1) is 0 Å². The minimum Gasteiger partial charge on any atom is -0.224 e. The van der Waals surface area contributed by atoms with Crippen molar-refractivity contribution in [3.8, 4) is 0 Å². The first-order chi connectivity index (χ1) is 7.79. The van der Waals surface area contributed by atoms with Crippen LogP contribution in [-0.2, 0) is 16.0 Å². The fourth-order valence-electron chi connectivity index (χ4n) is 1.33. The van der Waals surface area contributed by atoms with Crippen LogP contribution in [0.25, 0.3) is 0 Å². The molecule has 0 saturated carbocycles. The largest absolute Gasteiger partial charge is 0.417 e. The molecule has 0 spiro atoms. The second kappa shape index (κ2) is 5.39. The van der Waals surface area contributed by atoms with Gasteiger partial charge in [0.2, 0.25) is 0 Å². The van der Waals surface area contributed by atoms with Gasteiger partial charge in [-0.1, -0.05) is 28.1 Å². The van der Waals surface area contributed by atoms with Crippen LogP contribution < -0.4 is 0 Å². The Morgan fingerprint density at radius 1 is 1.18 bits per heavy atom. The van der Waals surface area contributed by atoms with E-state index in [1.807, 2.05) is 0 Å². The highest BCUT2D eigenvalue weighted by Gasteiger charge is 2.36. The average Bonchev–Trinajstić information content (AvgIpc) is 2.25. The Hall–Kier alpha value is -0.560. The van der Waals surface area contributed by atoms with E-state index in [0.717, 1.165) is 12.1 Å². The molecule has 1 rings (SSSR count). The molecule has 0 fully saturated rings. The summed E-state index contributed by atoms with van der Waals surface area (Å²) in [6.07, 6.45) is -4.38. The van der Waals surface area contributed by atoms with Crippen molar-refractivity contribution in [2.24, 2.45) is 0 Å². The maximum absolute atomic E-state index is 12.6. The topological polar surface area (TPSA) is 34.1 Å². The number of hydrogen-bond acceptors (Lipinski definition) is 2. The smallest absolute Gasteiger partial charge is 0.224 e. The lowest BCUT2D eigenvalue weighted by atomic mass is 10.2. The molecule has 0 unspecified atom stereocenters. The lowest BCUT2D eigenvalue weighted by molar-refractivity contribution is -0.139. The molecular weight excluding hydrogens is 321 g/mol. The van der Waals surface area contributed by atoms with Gasteiger partial charge >= 0.3 is 6.18 Å². The van der Waals surface area contributed by atoms with Crippen LogP contribution in [0.15, 0.2) is 29.2 Å². The molecule has 0 saturated heterocycles. The van der Waals surface area contributed by atoms with Crippen LogP contribution in [-0.4, -0.2) is 19.5 Å². The molecule has 0 aromatic heterocycles. The van der Waals surface area contributed by atoms with E-state index in [1.165, 1.54) is 12.1 Å². The van der Waals surface area contributed by atoms with Crippen molar-refractivity contribution in [1.29, 1.82) is 0 Å². The van der Waals surface area contributed by atoms with E-state index >= 15 is 0 Å². The first kappa shape index (κ1) is 14.5. The van der Waals surface area contributed by atoms with Crippen molar-refractivity contribution in [2.75, 3.05) is 11.1 Å². The molecular formula is C10H10BrF3O2S. The highest BCUT2D eigenvalue weighted by atomic mass is 79.9. The van der Waals surface area contributed by atoms with E-state index < -0.39 is 26.5 Å². The molecule has 0 bridgehead atoms. The van der Waals surface area contributed by atoms with Crippen LogP contribution >= 0.6 is 15.9 Å². The van der Waals surface area contributed by atoms with Gasteiger partial charge in [0.1, 0.15) is 0 Å². The van der Waals surface area contributed by atoms with E-state index in [1.54, 1.807) is 0 Å². The highest BCUT2D eigenvalue weighted by molar-refractivity contribution is 9.09. The summed E-state index contributed by atoms with van der Waals surface area (Å²) in [5.41, 5.74) is -1.10. The summed E-state index contributed by atoms with van der Waals surface area (Å²) in [6, 6.07) is 4.23. The Bertz CT molecular complexity index is 483. The van der Waals surface area contributed by atoms with Gasteiger partial charge in [-0.3, -0.25) is 0 Å². The van der Waals surface area contributed by atoms with Gasteiger partial charge in [0.15, 0.2) is 9.84 Å². The van der Waals surface area contributed by atoms with Crippen LogP contribution in [0, 0.1) is 0 Å². The van der Waals surface area contributed by atoms with Gasteiger partial charge < -0.3 is 0 Å². The zero-order valence-electron chi connectivity index (χ0n) is 8.67. The molecule has 0 N–H and O–H groups in total. The van der Waals surface area contributed by atoms with E-state index in [9.17, 15) is 21.6 Å². The fourth-order valence-corrected chi connectivity index (χ4v) is 3.53. The van der Waals surface area contributed by atoms with E-state index in [0.29, 0.717) is 5.33 Å². The minimum atomic E-state index is -4.65. The van der Waals surface area contributed by atoms with E-state index in [2.05, 4.69) is 15.9 Å². The Morgan fingerprint density at radius 2 is 1.76 bits per heavy atom. The molecule has 0 aliphatic heterocycles. The van der Waals surface area contributed by atoms with Gasteiger partial charge in [-0.05, 0) is 18.6 Å². The molecule has 1 aromatic rings. The standard InChI is InChI=1S/C10H10BrF3O2S/c11-6-3-7-17(15,16)9-5-2-1-4-8(9)10(12,13)14/h1-2,4-5H,3,6-7H2. The van der Waals surface area contributed by atoms with Gasteiger partial charge in [0, 0.05) is 5.33 Å². The molecule has 17 heavy (non-hydrogen) atoms. The number of benzene rings is 1. The molecule has 1 aromatic carbocycles. The maximum atomic E-state index is 12.6. The Kier molecular flexibility index (Phi) is 4.60. The van der Waals surface area contributed by atoms with Crippen LogP contribution in [0.2, 0.25) is 0 Å². The summed E-state index contributed by atoms with van der Waals surface area (Å²) >= 11 is 3.05. The highest BCUT2D eigenvalue weighted by Crippen LogP contribution is 2.34. The van der Waals surface area contributed by atoms with Crippen molar-refractivity contribution in [3.05, 3.63) is 29.8 Å². The van der Waals surface area contributed by atoms with Crippen molar-refractivity contribution in [3.63, 3.8) is 0 Å². The molecule has 0 radical (unpaired) electrons. The number of sulfone groups is 1. The molecule has 0 amide bonds. The summed E-state index contributed by atoms with van der Waals surface area (Å²) in [6.45, 7) is 0. The number of halogens is 4. The molecule has 0 atom stereocenters. The summed E-state index contributed by atoms with van der Waals surface area (Å²) in [5, 5.41) is 0.431. The third kappa shape index (κ3) is 3.70. The fraction of sp³-hybridized carbons (Fsp3) is 0.400. The lowest BCUT2D eigenvalue weighted by Crippen LogP contribution is -2.15. The summed E-state index contributed by atoms with van der Waals surface area (Å²) in [7, 11) is -3.89. The van der Waals surface area contributed by atoms with Gasteiger partial charge in [0.05, 0.1) is 16.2 Å². The molecule has 7 heteroatoms. The minimum absolute atomic E-state index is 0.272. The van der Waals surface area contributed by atoms with E-state index in [4.69, 9.17) is 0 Å². The molecule has 96 valence electrons. The number of rotatable bonds is 4. The average molecular weight is 331 g/mol. The van der Waals surface area contributed by atoms with Gasteiger partial charge in [-0.25, -0.2) is 8.42 Å². The quantitative estimate of drug-likeness (QED) is 0.794. The third-order valence-electron chi connectivity index (χ3n) is 2.07. The third-order valence-corrected chi connectivity index (χ3v) is 4.49. The van der Waals surface area contributed by atoms with E-state index in [-0.39, 0.29) is 12.2 Å². The first-order valence-electron chi connectivity index (χ1n) is 4.74. The Balaban J connectivity index is 3.23. The predicted octanol–water partition coefficient (Wildman–Crippen LogP) is 3.26. The predicted molar refractivity (Wildman–Crippen MR) is 61.9 cm³/mol. The monoisotopic (exact) mass is 330 g/mol. The van der Waals surface area contributed by atoms with Crippen LogP contribution in [0.3, 0.4) is 0 Å². The van der Waals surface area contributed by atoms with Crippen molar-refractivity contribution in [2.45, 2.75) is 17.5 Å². The SMILES string of the molecule is O=S(=O)(CCCBr)c1ccccc1C(F)(F)F. The Labute approximate surface area is 106 Å². The summed E-state index contributed by atoms with van der Waals surface area (Å²) in [5.74, 6) is -0.300. The first-order valence-corrected chi connectivity index (χ1v) is 7.51. The normalized spacial score (nSPS) is 12.7. The zero-order chi connectivity index (χ0) is 13.1. The second-order valence-electron chi connectivity index (χ2n) is 3.36. The summed E-state index contributed by atoms with van der Waals surface area (Å²) in [4.78, 5) is -0.645. The van der Waals surface area contributed by atoms with Gasteiger partial charge in [-0.2, -0.15) is 13.2 Å².